The third-order valence-corrected chi connectivity index (χ3v) is 4.35. The number of anilines is 1. The van der Waals surface area contributed by atoms with E-state index in [0.29, 0.717) is 29.3 Å². The highest BCUT2D eigenvalue weighted by atomic mass is 35.5. The van der Waals surface area contributed by atoms with Crippen LogP contribution in [-0.2, 0) is 0 Å². The molecule has 6 heteroatoms. The molecule has 1 aromatic rings. The van der Waals surface area contributed by atoms with Gasteiger partial charge in [-0.3, -0.25) is 9.69 Å². The van der Waals surface area contributed by atoms with Gasteiger partial charge in [-0.25, -0.2) is 9.97 Å². The molecule has 0 spiro atoms. The van der Waals surface area contributed by atoms with Crippen LogP contribution in [0, 0.1) is 6.92 Å². The largest absolute Gasteiger partial charge is 0.365 e. The molecule has 0 amide bonds. The minimum atomic E-state index is 0.228. The molecule has 0 aliphatic carbocycles. The summed E-state index contributed by atoms with van der Waals surface area (Å²) in [6, 6.07) is 0.917. The maximum absolute atomic E-state index is 11.1. The number of rotatable bonds is 3. The molecule has 1 aromatic heterocycles. The van der Waals surface area contributed by atoms with Gasteiger partial charge in [0.15, 0.2) is 6.29 Å². The summed E-state index contributed by atoms with van der Waals surface area (Å²) in [5.74, 6) is 1.16. The number of aromatic nitrogens is 2. The molecule has 2 aliphatic rings. The minimum Gasteiger partial charge on any atom is -0.365 e. The Morgan fingerprint density at radius 2 is 2.21 bits per heavy atom. The zero-order valence-corrected chi connectivity index (χ0v) is 11.7. The maximum Gasteiger partial charge on any atom is 0.156 e. The summed E-state index contributed by atoms with van der Waals surface area (Å²) in [4.78, 5) is 22.0. The average molecular weight is 281 g/mol. The predicted molar refractivity (Wildman–Crippen MR) is 73.8 cm³/mol. The van der Waals surface area contributed by atoms with Crippen molar-refractivity contribution in [3.05, 3.63) is 16.5 Å². The standard InChI is InChI=1S/C13H17ClN4O/c1-8-15-12(14)9(7-19)13(16-8)17-10-4-6-18-5-2-3-11(10)18/h7,10-11H,2-6H2,1H3,(H,15,16,17). The Kier molecular flexibility index (Phi) is 3.41. The van der Waals surface area contributed by atoms with Crippen LogP contribution in [0.2, 0.25) is 5.15 Å². The van der Waals surface area contributed by atoms with Gasteiger partial charge in [0.05, 0.1) is 5.56 Å². The lowest BCUT2D eigenvalue weighted by Crippen LogP contribution is -2.34. The van der Waals surface area contributed by atoms with Crippen LogP contribution in [-0.4, -0.2) is 46.3 Å². The second kappa shape index (κ2) is 5.06. The van der Waals surface area contributed by atoms with Crippen LogP contribution in [0.25, 0.3) is 0 Å². The van der Waals surface area contributed by atoms with E-state index in [1.54, 1.807) is 6.92 Å². The van der Waals surface area contributed by atoms with Gasteiger partial charge in [0, 0.05) is 18.6 Å². The summed E-state index contributed by atoms with van der Waals surface area (Å²) in [6.07, 6.45) is 4.29. The monoisotopic (exact) mass is 280 g/mol. The fourth-order valence-corrected chi connectivity index (χ4v) is 3.44. The molecular weight excluding hydrogens is 264 g/mol. The van der Waals surface area contributed by atoms with Crippen LogP contribution < -0.4 is 5.32 Å². The van der Waals surface area contributed by atoms with Crippen molar-refractivity contribution in [2.24, 2.45) is 0 Å². The van der Waals surface area contributed by atoms with E-state index >= 15 is 0 Å². The van der Waals surface area contributed by atoms with Gasteiger partial charge in [0.1, 0.15) is 16.8 Å². The molecule has 0 bridgehead atoms. The van der Waals surface area contributed by atoms with E-state index in [4.69, 9.17) is 11.6 Å². The molecule has 3 heterocycles. The molecule has 0 aromatic carbocycles. The molecule has 2 aliphatic heterocycles. The predicted octanol–water partition coefficient (Wildman–Crippen LogP) is 1.90. The number of carbonyl (C=O) groups is 1. The first-order valence-electron chi connectivity index (χ1n) is 6.69. The molecule has 19 heavy (non-hydrogen) atoms. The van der Waals surface area contributed by atoms with Crippen molar-refractivity contribution in [1.82, 2.24) is 14.9 Å². The van der Waals surface area contributed by atoms with Crippen molar-refractivity contribution in [2.75, 3.05) is 18.4 Å². The smallest absolute Gasteiger partial charge is 0.156 e. The Morgan fingerprint density at radius 3 is 3.00 bits per heavy atom. The number of fused-ring (bicyclic) bond motifs is 1. The molecular formula is C13H17ClN4O. The number of halogens is 1. The van der Waals surface area contributed by atoms with E-state index in [1.807, 2.05) is 0 Å². The molecule has 2 atom stereocenters. The minimum absolute atomic E-state index is 0.228. The zero-order chi connectivity index (χ0) is 13.4. The third kappa shape index (κ3) is 2.32. The van der Waals surface area contributed by atoms with Gasteiger partial charge in [-0.1, -0.05) is 11.6 Å². The van der Waals surface area contributed by atoms with E-state index < -0.39 is 0 Å². The number of nitrogens with one attached hydrogen (secondary N) is 1. The van der Waals surface area contributed by atoms with Gasteiger partial charge >= 0.3 is 0 Å². The van der Waals surface area contributed by atoms with Crippen molar-refractivity contribution >= 4 is 23.7 Å². The van der Waals surface area contributed by atoms with Crippen LogP contribution in [0.4, 0.5) is 5.82 Å². The molecule has 3 rings (SSSR count). The van der Waals surface area contributed by atoms with E-state index in [9.17, 15) is 4.79 Å². The maximum atomic E-state index is 11.1. The van der Waals surface area contributed by atoms with Gasteiger partial charge in [0.25, 0.3) is 0 Å². The number of hydrogen-bond donors (Lipinski definition) is 1. The van der Waals surface area contributed by atoms with Gasteiger partial charge in [0.2, 0.25) is 0 Å². The molecule has 2 fully saturated rings. The summed E-state index contributed by atoms with van der Waals surface area (Å²) in [7, 11) is 0. The molecule has 1 N–H and O–H groups in total. The van der Waals surface area contributed by atoms with E-state index in [2.05, 4.69) is 20.2 Å². The first-order chi connectivity index (χ1) is 9.19. The molecule has 2 unspecified atom stereocenters. The van der Waals surface area contributed by atoms with Crippen LogP contribution in [0.5, 0.6) is 0 Å². The lowest BCUT2D eigenvalue weighted by atomic mass is 10.1. The summed E-state index contributed by atoms with van der Waals surface area (Å²) < 4.78 is 0. The van der Waals surface area contributed by atoms with Crippen LogP contribution in [0.15, 0.2) is 0 Å². The van der Waals surface area contributed by atoms with E-state index in [0.717, 1.165) is 19.3 Å². The van der Waals surface area contributed by atoms with Crippen molar-refractivity contribution in [2.45, 2.75) is 38.3 Å². The Hall–Kier alpha value is -1.20. The molecule has 102 valence electrons. The highest BCUT2D eigenvalue weighted by Crippen LogP contribution is 2.31. The lowest BCUT2D eigenvalue weighted by molar-refractivity contribution is 0.112. The Balaban J connectivity index is 1.85. The van der Waals surface area contributed by atoms with Gasteiger partial charge in [-0.2, -0.15) is 0 Å². The fourth-order valence-electron chi connectivity index (χ4n) is 3.19. The second-order valence-corrected chi connectivity index (χ2v) is 5.58. The molecule has 2 saturated heterocycles. The number of nitrogens with zero attached hydrogens (tertiary/aromatic N) is 3. The second-order valence-electron chi connectivity index (χ2n) is 5.23. The molecule has 5 nitrogen and oxygen atoms in total. The van der Waals surface area contributed by atoms with E-state index in [1.165, 1.54) is 19.4 Å². The number of aryl methyl sites for hydroxylation is 1. The summed E-state index contributed by atoms with van der Waals surface area (Å²) in [5, 5.41) is 3.63. The number of carbonyl (C=O) groups excluding carboxylic acids is 1. The van der Waals surface area contributed by atoms with Crippen molar-refractivity contribution in [3.63, 3.8) is 0 Å². The first kappa shape index (κ1) is 12.8. The van der Waals surface area contributed by atoms with Gasteiger partial charge < -0.3 is 5.32 Å². The summed E-state index contributed by atoms with van der Waals surface area (Å²) >= 11 is 6.00. The fraction of sp³-hybridized carbons (Fsp3) is 0.615. The SMILES string of the molecule is Cc1nc(Cl)c(C=O)c(NC2CCN3CCCC23)n1. The summed E-state index contributed by atoms with van der Waals surface area (Å²) in [5.41, 5.74) is 0.365. The average Bonchev–Trinajstić information content (AvgIpc) is 2.93. The van der Waals surface area contributed by atoms with Crippen LogP contribution >= 0.6 is 11.6 Å². The van der Waals surface area contributed by atoms with Crippen LogP contribution in [0.1, 0.15) is 35.4 Å². The zero-order valence-electron chi connectivity index (χ0n) is 10.9. The van der Waals surface area contributed by atoms with Crippen molar-refractivity contribution in [1.29, 1.82) is 0 Å². The topological polar surface area (TPSA) is 58.1 Å². The van der Waals surface area contributed by atoms with Gasteiger partial charge in [-0.05, 0) is 32.7 Å². The lowest BCUT2D eigenvalue weighted by Gasteiger charge is -2.22. The van der Waals surface area contributed by atoms with E-state index in [-0.39, 0.29) is 5.15 Å². The number of hydrogen-bond acceptors (Lipinski definition) is 5. The quantitative estimate of drug-likeness (QED) is 0.677. The van der Waals surface area contributed by atoms with Gasteiger partial charge in [-0.15, -0.1) is 0 Å². The normalized spacial score (nSPS) is 26.4. The van der Waals surface area contributed by atoms with Crippen molar-refractivity contribution < 1.29 is 4.79 Å². The Morgan fingerprint density at radius 1 is 1.37 bits per heavy atom. The Labute approximate surface area is 117 Å². The van der Waals surface area contributed by atoms with Crippen LogP contribution in [0.3, 0.4) is 0 Å². The highest BCUT2D eigenvalue weighted by molar-refractivity contribution is 6.32. The highest BCUT2D eigenvalue weighted by Gasteiger charge is 2.37. The molecule has 0 radical (unpaired) electrons. The summed E-state index contributed by atoms with van der Waals surface area (Å²) in [6.45, 7) is 4.09. The first-order valence-corrected chi connectivity index (χ1v) is 7.06. The Bertz CT molecular complexity index is 508. The van der Waals surface area contributed by atoms with Crippen molar-refractivity contribution in [3.8, 4) is 0 Å². The molecule has 0 saturated carbocycles. The third-order valence-electron chi connectivity index (χ3n) is 4.06. The number of aldehydes is 1.